The maximum Gasteiger partial charge on any atom is 0.338 e. The zero-order valence-corrected chi connectivity index (χ0v) is 39.1. The molecular weight excluding hydrogens is 948 g/mol. The molecule has 0 amide bonds. The second-order valence-corrected chi connectivity index (χ2v) is 16.6. The van der Waals surface area contributed by atoms with Crippen LogP contribution in [0.3, 0.4) is 0 Å². The van der Waals surface area contributed by atoms with Gasteiger partial charge in [-0.2, -0.15) is 0 Å². The molecule has 0 spiro atoms. The van der Waals surface area contributed by atoms with Crippen LogP contribution in [0.15, 0.2) is 182 Å². The van der Waals surface area contributed by atoms with Crippen LogP contribution in [0.4, 0.5) is 4.39 Å². The second-order valence-electron chi connectivity index (χ2n) is 16.6. The van der Waals surface area contributed by atoms with Crippen LogP contribution in [0.25, 0.3) is 0 Å². The third-order valence-electron chi connectivity index (χ3n) is 11.6. The Hall–Kier alpha value is -8.09. The van der Waals surface area contributed by atoms with Gasteiger partial charge in [0.1, 0.15) is 31.6 Å². The molecule has 0 radical (unpaired) electrons. The number of rotatable bonds is 18. The molecule has 10 atom stereocenters. The number of halogens is 1. The van der Waals surface area contributed by atoms with Gasteiger partial charge in [-0.05, 0) is 66.2 Å². The van der Waals surface area contributed by atoms with Crippen molar-refractivity contribution in [1.82, 2.24) is 0 Å². The van der Waals surface area contributed by atoms with E-state index in [-0.39, 0.29) is 34.4 Å². The molecule has 0 aliphatic carbocycles. The van der Waals surface area contributed by atoms with E-state index in [0.717, 1.165) is 6.92 Å². The number of hydrogen-bond acceptors (Lipinski definition) is 16. The van der Waals surface area contributed by atoms with Crippen molar-refractivity contribution in [3.05, 3.63) is 215 Å². The van der Waals surface area contributed by atoms with Crippen LogP contribution in [0.2, 0.25) is 0 Å². The highest BCUT2D eigenvalue weighted by molar-refractivity contribution is 5.92. The summed E-state index contributed by atoms with van der Waals surface area (Å²) in [4.78, 5) is 83.0. The molecule has 8 rings (SSSR count). The number of carbonyl (C=O) groups is 6. The third kappa shape index (κ3) is 13.3. The molecule has 6 aromatic carbocycles. The molecule has 2 saturated heterocycles. The highest BCUT2D eigenvalue weighted by Crippen LogP contribution is 2.37. The van der Waals surface area contributed by atoms with Crippen molar-refractivity contribution in [2.24, 2.45) is 0 Å². The van der Waals surface area contributed by atoms with Crippen LogP contribution in [0.5, 0.6) is 0 Å². The maximum absolute atomic E-state index is 15.5. The summed E-state index contributed by atoms with van der Waals surface area (Å²) < 4.78 is 77.5. The minimum atomic E-state index is -2.03. The molecule has 2 aliphatic rings. The molecule has 16 nitrogen and oxygen atoms in total. The van der Waals surface area contributed by atoms with Crippen LogP contribution >= 0.6 is 0 Å². The lowest BCUT2D eigenvalue weighted by Gasteiger charge is -2.48. The van der Waals surface area contributed by atoms with Crippen LogP contribution < -0.4 is 0 Å². The molecular formula is C56H49FO16. The summed E-state index contributed by atoms with van der Waals surface area (Å²) in [5.74, 6) is -5.60. The third-order valence-corrected chi connectivity index (χ3v) is 11.6. The first-order chi connectivity index (χ1) is 35.6. The monoisotopic (exact) mass is 996 g/mol. The van der Waals surface area contributed by atoms with Crippen molar-refractivity contribution in [3.8, 4) is 0 Å². The van der Waals surface area contributed by atoms with Gasteiger partial charge >= 0.3 is 35.8 Å². The molecule has 0 aromatic heterocycles. The fraction of sp³-hybridized carbons (Fsp3) is 0.250. The topological polar surface area (TPSA) is 195 Å². The summed E-state index contributed by atoms with van der Waals surface area (Å²) >= 11 is 0. The Bertz CT molecular complexity index is 2770. The van der Waals surface area contributed by atoms with Gasteiger partial charge in [0.05, 0.1) is 34.4 Å². The van der Waals surface area contributed by atoms with Gasteiger partial charge in [0, 0.05) is 6.92 Å². The quantitative estimate of drug-likeness (QED) is 0.0600. The Balaban J connectivity index is 1.26. The zero-order chi connectivity index (χ0) is 51.1. The summed E-state index contributed by atoms with van der Waals surface area (Å²) in [6, 6.07) is 47.9. The largest absolute Gasteiger partial charge is 0.459 e. The maximum atomic E-state index is 15.5. The lowest BCUT2D eigenvalue weighted by Crippen LogP contribution is -2.67. The fourth-order valence-electron chi connectivity index (χ4n) is 8.06. The van der Waals surface area contributed by atoms with Gasteiger partial charge in [-0.3, -0.25) is 4.79 Å². The summed E-state index contributed by atoms with van der Waals surface area (Å²) in [6.07, 6.45) is -17.8. The van der Waals surface area contributed by atoms with Crippen molar-refractivity contribution in [2.45, 2.75) is 74.9 Å². The van der Waals surface area contributed by atoms with Crippen LogP contribution in [0, 0.1) is 0 Å². The summed E-state index contributed by atoms with van der Waals surface area (Å²) in [5, 5.41) is 0. The highest BCUT2D eigenvalue weighted by atomic mass is 19.1. The van der Waals surface area contributed by atoms with Crippen LogP contribution in [-0.2, 0) is 58.8 Å². The molecule has 0 N–H and O–H groups in total. The van der Waals surface area contributed by atoms with E-state index in [1.165, 1.54) is 60.7 Å². The SMILES string of the molecule is CC(=O)O[C@@H]1[C@H](OC(=O)c2ccccc2)[C@@H](OC(=O)c2ccccc2)[C@H](O[C@H]2[C@H](OC(=O)c3ccccc3)[C@H](OC(=O)c3ccccc3)[C@@H](OCc3ccccc3)O[C@@H]2COC(=O)c2ccccc2)O[C@@H]1CF. The van der Waals surface area contributed by atoms with E-state index in [1.807, 2.05) is 0 Å². The average molecular weight is 997 g/mol. The van der Waals surface area contributed by atoms with Crippen molar-refractivity contribution in [3.63, 3.8) is 0 Å². The first kappa shape index (κ1) is 51.3. The van der Waals surface area contributed by atoms with Gasteiger partial charge in [-0.25, -0.2) is 28.4 Å². The molecule has 6 aromatic rings. The Kier molecular flexibility index (Phi) is 17.4. The smallest absolute Gasteiger partial charge is 0.338 e. The van der Waals surface area contributed by atoms with Crippen LogP contribution in [-0.4, -0.2) is 111 Å². The summed E-state index contributed by atoms with van der Waals surface area (Å²) in [6.45, 7) is -1.15. The number of benzene rings is 6. The second kappa shape index (κ2) is 24.8. The van der Waals surface area contributed by atoms with E-state index >= 15 is 4.39 Å². The van der Waals surface area contributed by atoms with E-state index < -0.39 is 111 Å². The van der Waals surface area contributed by atoms with E-state index in [9.17, 15) is 28.8 Å². The van der Waals surface area contributed by atoms with Gasteiger partial charge in [0.2, 0.25) is 0 Å². The van der Waals surface area contributed by atoms with E-state index in [1.54, 1.807) is 121 Å². The zero-order valence-electron chi connectivity index (χ0n) is 39.1. The van der Waals surface area contributed by atoms with Gasteiger partial charge in [0.25, 0.3) is 0 Å². The summed E-state index contributed by atoms with van der Waals surface area (Å²) in [7, 11) is 0. The normalized spacial score (nSPS) is 23.4. The summed E-state index contributed by atoms with van der Waals surface area (Å²) in [5.41, 5.74) is 0.992. The van der Waals surface area contributed by atoms with Gasteiger partial charge < -0.3 is 47.4 Å². The number of carbonyl (C=O) groups excluding carboxylic acids is 6. The predicted octanol–water partition coefficient (Wildman–Crippen LogP) is 7.70. The Morgan fingerprint density at radius 3 is 1.18 bits per heavy atom. The van der Waals surface area contributed by atoms with Crippen molar-refractivity contribution >= 4 is 35.8 Å². The van der Waals surface area contributed by atoms with E-state index in [2.05, 4.69) is 0 Å². The molecule has 17 heteroatoms. The lowest BCUT2D eigenvalue weighted by molar-refractivity contribution is -0.357. The Morgan fingerprint density at radius 2 is 0.767 bits per heavy atom. The highest BCUT2D eigenvalue weighted by Gasteiger charge is 2.58. The number of hydrogen-bond donors (Lipinski definition) is 0. The molecule has 376 valence electrons. The standard InChI is InChI=1S/C56H49FO16/c1-35(58)66-44-42(32-57)67-56(49(72-54(63)41-30-18-7-19-31-41)46(44)69-51(60)38-24-12-4-13-25-38)73-45-43(34-64-50(59)37-22-10-3-11-23-37)68-55(65-33-36-20-8-2-9-21-36)48(71-53(62)40-28-16-6-17-29-40)47(45)70-52(61)39-26-14-5-15-27-39/h2-31,42-49,55-56H,32-34H2,1H3/t42-,43-,44+,45-,46+,47+,48+,49-,55+,56+/m1/s1. The number of alkyl halides is 1. The predicted molar refractivity (Wildman–Crippen MR) is 254 cm³/mol. The van der Waals surface area contributed by atoms with Gasteiger partial charge in [-0.1, -0.05) is 121 Å². The molecule has 2 heterocycles. The molecule has 73 heavy (non-hydrogen) atoms. The first-order valence-corrected chi connectivity index (χ1v) is 23.2. The number of ether oxygens (including phenoxy) is 10. The number of esters is 6. The van der Waals surface area contributed by atoms with Crippen molar-refractivity contribution in [2.75, 3.05) is 13.3 Å². The molecule has 0 bridgehead atoms. The molecule has 0 unspecified atom stereocenters. The first-order valence-electron chi connectivity index (χ1n) is 23.2. The molecule has 2 fully saturated rings. The van der Waals surface area contributed by atoms with Crippen molar-refractivity contribution < 1.29 is 80.5 Å². The molecule has 2 aliphatic heterocycles. The molecule has 0 saturated carbocycles. The van der Waals surface area contributed by atoms with E-state index in [0.29, 0.717) is 5.56 Å². The Morgan fingerprint density at radius 1 is 0.411 bits per heavy atom. The van der Waals surface area contributed by atoms with Crippen LogP contribution in [0.1, 0.15) is 64.3 Å². The van der Waals surface area contributed by atoms with E-state index in [4.69, 9.17) is 47.4 Å². The Labute approximate surface area is 418 Å². The van der Waals surface area contributed by atoms with Gasteiger partial charge in [-0.15, -0.1) is 0 Å². The fourth-order valence-corrected chi connectivity index (χ4v) is 8.06. The van der Waals surface area contributed by atoms with Crippen molar-refractivity contribution in [1.29, 1.82) is 0 Å². The minimum Gasteiger partial charge on any atom is -0.459 e. The average Bonchev–Trinajstić information content (AvgIpc) is 3.43. The minimum absolute atomic E-state index is 0.0127. The lowest BCUT2D eigenvalue weighted by atomic mass is 9.95. The van der Waals surface area contributed by atoms with Gasteiger partial charge in [0.15, 0.2) is 43.1 Å².